The number of hydrogen-bond donors (Lipinski definition) is 2. The second-order valence-electron chi connectivity index (χ2n) is 4.64. The van der Waals surface area contributed by atoms with E-state index in [9.17, 15) is 22.0 Å². The molecule has 1 rings (SSSR count). The summed E-state index contributed by atoms with van der Waals surface area (Å²) in [6.45, 7) is 2.75. The van der Waals surface area contributed by atoms with Crippen molar-refractivity contribution in [1.82, 2.24) is 4.72 Å². The molecule has 0 aliphatic carbocycles. The summed E-state index contributed by atoms with van der Waals surface area (Å²) in [5.41, 5.74) is -1.25. The molecule has 106 valence electrons. The monoisotopic (exact) mass is 293 g/mol. The van der Waals surface area contributed by atoms with Crippen molar-refractivity contribution in [1.29, 1.82) is 0 Å². The van der Waals surface area contributed by atoms with Crippen LogP contribution < -0.4 is 4.72 Å². The highest BCUT2D eigenvalue weighted by atomic mass is 32.2. The zero-order valence-corrected chi connectivity index (χ0v) is 11.1. The number of hydrogen-bond acceptors (Lipinski definition) is 3. The normalized spacial score (nSPS) is 12.4. The van der Waals surface area contributed by atoms with Crippen LogP contribution in [0.4, 0.5) is 8.78 Å². The van der Waals surface area contributed by atoms with Crippen LogP contribution in [0.25, 0.3) is 0 Å². The fourth-order valence-electron chi connectivity index (χ4n) is 1.48. The zero-order chi connectivity index (χ0) is 14.8. The van der Waals surface area contributed by atoms with E-state index in [1.54, 1.807) is 0 Å². The molecule has 0 amide bonds. The second kappa shape index (κ2) is 5.22. The van der Waals surface area contributed by atoms with Gasteiger partial charge in [-0.1, -0.05) is 0 Å². The first-order valence-electron chi connectivity index (χ1n) is 5.24. The first kappa shape index (κ1) is 15.5. The third kappa shape index (κ3) is 4.25. The summed E-state index contributed by atoms with van der Waals surface area (Å²) in [7, 11) is -4.12. The standard InChI is InChI=1S/C11H13F2NO4S/c1-11(2,6-10(15)16)14-19(17,18)7-3-4-8(12)9(13)5-7/h3-5,14H,6H2,1-2H3,(H,15,16). The SMILES string of the molecule is CC(C)(CC(=O)O)NS(=O)(=O)c1ccc(F)c(F)c1. The summed E-state index contributed by atoms with van der Waals surface area (Å²) in [5.74, 6) is -3.64. The first-order chi connectivity index (χ1) is 8.53. The highest BCUT2D eigenvalue weighted by Crippen LogP contribution is 2.17. The molecule has 0 radical (unpaired) electrons. The molecule has 0 unspecified atom stereocenters. The minimum absolute atomic E-state index is 0.449. The molecule has 1 aromatic carbocycles. The first-order valence-corrected chi connectivity index (χ1v) is 6.73. The van der Waals surface area contributed by atoms with Gasteiger partial charge in [0.05, 0.1) is 11.3 Å². The summed E-state index contributed by atoms with van der Waals surface area (Å²) >= 11 is 0. The number of aliphatic carboxylic acids is 1. The lowest BCUT2D eigenvalue weighted by Gasteiger charge is -2.23. The minimum atomic E-state index is -4.12. The molecule has 19 heavy (non-hydrogen) atoms. The predicted molar refractivity (Wildman–Crippen MR) is 63.0 cm³/mol. The summed E-state index contributed by atoms with van der Waals surface area (Å²) in [6, 6.07) is 2.13. The molecule has 0 saturated carbocycles. The Balaban J connectivity index is 3.04. The third-order valence-electron chi connectivity index (χ3n) is 2.21. The summed E-state index contributed by atoms with van der Waals surface area (Å²) in [4.78, 5) is 10.1. The van der Waals surface area contributed by atoms with Crippen molar-refractivity contribution in [3.8, 4) is 0 Å². The number of sulfonamides is 1. The molecule has 0 aliphatic heterocycles. The molecule has 0 aliphatic rings. The Labute approximate surface area is 109 Å². The smallest absolute Gasteiger partial charge is 0.305 e. The van der Waals surface area contributed by atoms with Crippen molar-refractivity contribution in [2.24, 2.45) is 0 Å². The fraction of sp³-hybridized carbons (Fsp3) is 0.364. The number of carbonyl (C=O) groups is 1. The largest absolute Gasteiger partial charge is 0.481 e. The van der Waals surface area contributed by atoms with Crippen molar-refractivity contribution in [3.63, 3.8) is 0 Å². The molecule has 8 heteroatoms. The fourth-order valence-corrected chi connectivity index (χ4v) is 2.90. The molecule has 5 nitrogen and oxygen atoms in total. The van der Waals surface area contributed by atoms with Gasteiger partial charge in [-0.05, 0) is 32.0 Å². The number of rotatable bonds is 5. The number of benzene rings is 1. The molecule has 0 atom stereocenters. The van der Waals surface area contributed by atoms with Crippen molar-refractivity contribution < 1.29 is 27.1 Å². The maximum Gasteiger partial charge on any atom is 0.305 e. The molecule has 0 spiro atoms. The van der Waals surface area contributed by atoms with E-state index in [0.717, 1.165) is 6.07 Å². The molecule has 0 aromatic heterocycles. The number of carboxylic acids is 1. The van der Waals surface area contributed by atoms with E-state index in [0.29, 0.717) is 12.1 Å². The maximum absolute atomic E-state index is 13.0. The second-order valence-corrected chi connectivity index (χ2v) is 6.32. The van der Waals surface area contributed by atoms with Crippen molar-refractivity contribution in [2.45, 2.75) is 30.7 Å². The van der Waals surface area contributed by atoms with Gasteiger partial charge in [0.1, 0.15) is 0 Å². The van der Waals surface area contributed by atoms with E-state index in [1.165, 1.54) is 13.8 Å². The van der Waals surface area contributed by atoms with Gasteiger partial charge in [0.15, 0.2) is 11.6 Å². The van der Waals surface area contributed by atoms with E-state index < -0.39 is 44.5 Å². The molecular weight excluding hydrogens is 280 g/mol. The van der Waals surface area contributed by atoms with Gasteiger partial charge in [-0.15, -0.1) is 0 Å². The molecule has 0 saturated heterocycles. The van der Waals surface area contributed by atoms with Crippen LogP contribution in [0.1, 0.15) is 20.3 Å². The Bertz CT molecular complexity index is 599. The molecule has 1 aromatic rings. The van der Waals surface area contributed by atoms with Gasteiger partial charge in [0.25, 0.3) is 0 Å². The van der Waals surface area contributed by atoms with Crippen LogP contribution in [0.2, 0.25) is 0 Å². The van der Waals surface area contributed by atoms with Crippen LogP contribution in [-0.4, -0.2) is 25.0 Å². The molecular formula is C11H13F2NO4S. The number of nitrogens with one attached hydrogen (secondary N) is 1. The average molecular weight is 293 g/mol. The predicted octanol–water partition coefficient (Wildman–Crippen LogP) is 1.50. The average Bonchev–Trinajstić information content (AvgIpc) is 2.17. The summed E-state index contributed by atoms with van der Waals surface area (Å²) in [5, 5.41) is 8.65. The van der Waals surface area contributed by atoms with Crippen molar-refractivity contribution in [3.05, 3.63) is 29.8 Å². The quantitative estimate of drug-likeness (QED) is 0.861. The van der Waals surface area contributed by atoms with E-state index in [4.69, 9.17) is 5.11 Å². The zero-order valence-electron chi connectivity index (χ0n) is 10.3. The van der Waals surface area contributed by atoms with Gasteiger partial charge in [0.2, 0.25) is 10.0 Å². The Morgan fingerprint density at radius 3 is 2.37 bits per heavy atom. The molecule has 0 fully saturated rings. The number of carboxylic acid groups (broad SMARTS) is 1. The van der Waals surface area contributed by atoms with Crippen LogP contribution in [0.5, 0.6) is 0 Å². The van der Waals surface area contributed by atoms with Gasteiger partial charge < -0.3 is 5.11 Å². The lowest BCUT2D eigenvalue weighted by atomic mass is 10.0. The summed E-state index contributed by atoms with van der Waals surface area (Å²) in [6.07, 6.45) is -0.449. The van der Waals surface area contributed by atoms with Gasteiger partial charge in [-0.25, -0.2) is 21.9 Å². The van der Waals surface area contributed by atoms with Gasteiger partial charge in [0, 0.05) is 5.54 Å². The molecule has 0 bridgehead atoms. The highest BCUT2D eigenvalue weighted by molar-refractivity contribution is 7.89. The topological polar surface area (TPSA) is 83.5 Å². The summed E-state index contributed by atoms with van der Waals surface area (Å²) < 4.78 is 51.6. The van der Waals surface area contributed by atoms with Crippen molar-refractivity contribution >= 4 is 16.0 Å². The van der Waals surface area contributed by atoms with Gasteiger partial charge in [-0.3, -0.25) is 4.79 Å². The van der Waals surface area contributed by atoms with Crippen LogP contribution in [0.3, 0.4) is 0 Å². The Morgan fingerprint density at radius 2 is 1.89 bits per heavy atom. The Morgan fingerprint density at radius 1 is 1.32 bits per heavy atom. The van der Waals surface area contributed by atoms with Crippen LogP contribution >= 0.6 is 0 Å². The minimum Gasteiger partial charge on any atom is -0.481 e. The highest BCUT2D eigenvalue weighted by Gasteiger charge is 2.29. The molecule has 2 N–H and O–H groups in total. The van der Waals surface area contributed by atoms with Crippen molar-refractivity contribution in [2.75, 3.05) is 0 Å². The van der Waals surface area contributed by atoms with Crippen LogP contribution in [-0.2, 0) is 14.8 Å². The van der Waals surface area contributed by atoms with E-state index in [-0.39, 0.29) is 0 Å². The van der Waals surface area contributed by atoms with E-state index in [2.05, 4.69) is 4.72 Å². The Kier molecular flexibility index (Phi) is 4.26. The van der Waals surface area contributed by atoms with Crippen LogP contribution in [0, 0.1) is 11.6 Å². The van der Waals surface area contributed by atoms with Gasteiger partial charge >= 0.3 is 5.97 Å². The van der Waals surface area contributed by atoms with E-state index in [1.807, 2.05) is 0 Å². The van der Waals surface area contributed by atoms with Gasteiger partial charge in [-0.2, -0.15) is 0 Å². The maximum atomic E-state index is 13.0. The molecule has 0 heterocycles. The number of halogens is 2. The van der Waals surface area contributed by atoms with E-state index >= 15 is 0 Å². The van der Waals surface area contributed by atoms with Crippen LogP contribution in [0.15, 0.2) is 23.1 Å². The third-order valence-corrected chi connectivity index (χ3v) is 3.90. The Hall–Kier alpha value is -1.54. The lowest BCUT2D eigenvalue weighted by Crippen LogP contribution is -2.44. The lowest BCUT2D eigenvalue weighted by molar-refractivity contribution is -0.138.